The molecular weight excluding hydrogens is 290 g/mol. The number of nitrogens with one attached hydrogen (secondary N) is 1. The van der Waals surface area contributed by atoms with Gasteiger partial charge in [-0.25, -0.2) is 13.2 Å². The fraction of sp³-hybridized carbons (Fsp3) is 0.400. The lowest BCUT2D eigenvalue weighted by Gasteiger charge is -2.15. The van der Waals surface area contributed by atoms with Crippen LogP contribution in [-0.4, -0.2) is 25.5 Å². The van der Waals surface area contributed by atoms with Gasteiger partial charge in [-0.15, -0.1) is 6.42 Å². The number of hydrogen-bond donors (Lipinski definition) is 2. The zero-order valence-electron chi connectivity index (χ0n) is 12.3. The molecule has 21 heavy (non-hydrogen) atoms. The van der Waals surface area contributed by atoms with Crippen LogP contribution in [0.1, 0.15) is 41.3 Å². The second kappa shape index (κ2) is 6.74. The topological polar surface area (TPSA) is 83.5 Å². The maximum atomic E-state index is 12.4. The summed E-state index contributed by atoms with van der Waals surface area (Å²) in [5, 5.41) is 9.06. The van der Waals surface area contributed by atoms with E-state index in [0.29, 0.717) is 17.5 Å². The first-order valence-electron chi connectivity index (χ1n) is 6.56. The second-order valence-corrected chi connectivity index (χ2v) is 6.53. The highest BCUT2D eigenvalue weighted by molar-refractivity contribution is 7.89. The maximum Gasteiger partial charge on any atom is 0.335 e. The minimum absolute atomic E-state index is 0.0451. The second-order valence-electron chi connectivity index (χ2n) is 4.85. The van der Waals surface area contributed by atoms with E-state index in [1.54, 1.807) is 13.8 Å². The van der Waals surface area contributed by atoms with Crippen molar-refractivity contribution in [3.8, 4) is 12.3 Å². The molecule has 0 radical (unpaired) electrons. The number of carboxylic acid groups (broad SMARTS) is 1. The molecule has 1 rings (SSSR count). The molecule has 0 aromatic heterocycles. The minimum Gasteiger partial charge on any atom is -0.478 e. The van der Waals surface area contributed by atoms with Gasteiger partial charge in [-0.3, -0.25) is 0 Å². The number of carboxylic acids is 1. The SMILES string of the molecule is C#CC(CCC)NS(=O)(=O)c1cc(C(=O)O)cc(C)c1C. The van der Waals surface area contributed by atoms with Crippen molar-refractivity contribution in [2.75, 3.05) is 0 Å². The van der Waals surface area contributed by atoms with Crippen molar-refractivity contribution in [2.45, 2.75) is 44.6 Å². The minimum atomic E-state index is -3.86. The smallest absolute Gasteiger partial charge is 0.335 e. The first-order chi connectivity index (χ1) is 9.72. The number of hydrogen-bond acceptors (Lipinski definition) is 3. The summed E-state index contributed by atoms with van der Waals surface area (Å²) >= 11 is 0. The van der Waals surface area contributed by atoms with Crippen LogP contribution in [0.25, 0.3) is 0 Å². The van der Waals surface area contributed by atoms with Crippen LogP contribution in [-0.2, 0) is 10.0 Å². The van der Waals surface area contributed by atoms with Crippen molar-refractivity contribution in [1.29, 1.82) is 0 Å². The van der Waals surface area contributed by atoms with Crippen LogP contribution in [0.15, 0.2) is 17.0 Å². The van der Waals surface area contributed by atoms with Gasteiger partial charge in [-0.1, -0.05) is 19.3 Å². The third-order valence-corrected chi connectivity index (χ3v) is 4.83. The summed E-state index contributed by atoms with van der Waals surface area (Å²) in [6, 6.07) is 2.00. The van der Waals surface area contributed by atoms with E-state index in [1.165, 1.54) is 6.07 Å². The van der Waals surface area contributed by atoms with Crippen molar-refractivity contribution >= 4 is 16.0 Å². The Balaban J connectivity index is 3.31. The molecule has 0 amide bonds. The molecular formula is C15H19NO4S. The Morgan fingerprint density at radius 2 is 2.05 bits per heavy atom. The van der Waals surface area contributed by atoms with E-state index in [-0.39, 0.29) is 10.5 Å². The lowest BCUT2D eigenvalue weighted by Crippen LogP contribution is -2.34. The van der Waals surface area contributed by atoms with E-state index < -0.39 is 22.0 Å². The summed E-state index contributed by atoms with van der Waals surface area (Å²) in [4.78, 5) is 11.0. The number of sulfonamides is 1. The summed E-state index contributed by atoms with van der Waals surface area (Å²) in [5.41, 5.74) is 1.05. The number of aromatic carboxylic acids is 1. The van der Waals surface area contributed by atoms with E-state index in [0.717, 1.165) is 12.5 Å². The predicted octanol–water partition coefficient (Wildman–Crippen LogP) is 2.08. The molecule has 0 saturated heterocycles. The Morgan fingerprint density at radius 3 is 2.52 bits per heavy atom. The van der Waals surface area contributed by atoms with E-state index in [1.807, 2.05) is 6.92 Å². The number of benzene rings is 1. The zero-order chi connectivity index (χ0) is 16.2. The van der Waals surface area contributed by atoms with Crippen molar-refractivity contribution in [3.05, 3.63) is 28.8 Å². The molecule has 1 aromatic carbocycles. The van der Waals surface area contributed by atoms with E-state index in [4.69, 9.17) is 11.5 Å². The summed E-state index contributed by atoms with van der Waals surface area (Å²) in [7, 11) is -3.86. The molecule has 0 bridgehead atoms. The monoisotopic (exact) mass is 309 g/mol. The molecule has 5 nitrogen and oxygen atoms in total. The first kappa shape index (κ1) is 17.2. The molecule has 0 saturated carbocycles. The van der Waals surface area contributed by atoms with E-state index >= 15 is 0 Å². The van der Waals surface area contributed by atoms with Crippen molar-refractivity contribution in [1.82, 2.24) is 4.72 Å². The predicted molar refractivity (Wildman–Crippen MR) is 80.7 cm³/mol. The number of carbonyl (C=O) groups is 1. The molecule has 2 N–H and O–H groups in total. The van der Waals surface area contributed by atoms with Crippen molar-refractivity contribution in [3.63, 3.8) is 0 Å². The molecule has 0 heterocycles. The van der Waals surface area contributed by atoms with Crippen LogP contribution >= 0.6 is 0 Å². The number of terminal acetylenes is 1. The summed E-state index contributed by atoms with van der Waals surface area (Å²) < 4.78 is 27.3. The zero-order valence-corrected chi connectivity index (χ0v) is 13.1. The molecule has 0 fully saturated rings. The fourth-order valence-electron chi connectivity index (χ4n) is 1.95. The van der Waals surface area contributed by atoms with Gasteiger partial charge >= 0.3 is 5.97 Å². The Labute approximate surface area is 125 Å². The van der Waals surface area contributed by atoms with Gasteiger partial charge in [0.15, 0.2) is 0 Å². The van der Waals surface area contributed by atoms with Gasteiger partial charge < -0.3 is 5.11 Å². The van der Waals surface area contributed by atoms with Gasteiger partial charge in [0.25, 0.3) is 0 Å². The summed E-state index contributed by atoms with van der Waals surface area (Å²) in [6.07, 6.45) is 6.58. The Kier molecular flexibility index (Phi) is 5.53. The van der Waals surface area contributed by atoms with Gasteiger partial charge in [0.1, 0.15) is 0 Å². The molecule has 1 aromatic rings. The lowest BCUT2D eigenvalue weighted by molar-refractivity contribution is 0.0696. The van der Waals surface area contributed by atoms with Crippen LogP contribution in [0.2, 0.25) is 0 Å². The Bertz CT molecular complexity index is 686. The molecule has 6 heteroatoms. The third kappa shape index (κ3) is 4.06. The molecule has 114 valence electrons. The van der Waals surface area contributed by atoms with Gasteiger partial charge in [-0.05, 0) is 43.5 Å². The average Bonchev–Trinajstić information content (AvgIpc) is 2.40. The van der Waals surface area contributed by atoms with Gasteiger partial charge in [0.2, 0.25) is 10.0 Å². The van der Waals surface area contributed by atoms with Crippen LogP contribution in [0.3, 0.4) is 0 Å². The van der Waals surface area contributed by atoms with Crippen LogP contribution in [0.4, 0.5) is 0 Å². The van der Waals surface area contributed by atoms with E-state index in [2.05, 4.69) is 10.6 Å². The molecule has 0 aliphatic heterocycles. The lowest BCUT2D eigenvalue weighted by atomic mass is 10.1. The Hall–Kier alpha value is -1.84. The first-order valence-corrected chi connectivity index (χ1v) is 8.04. The molecule has 0 aliphatic rings. The van der Waals surface area contributed by atoms with Crippen LogP contribution in [0, 0.1) is 26.2 Å². The largest absolute Gasteiger partial charge is 0.478 e. The molecule has 0 aliphatic carbocycles. The number of aryl methyl sites for hydroxylation is 1. The molecule has 1 atom stereocenters. The highest BCUT2D eigenvalue weighted by atomic mass is 32.2. The van der Waals surface area contributed by atoms with Gasteiger partial charge in [0.05, 0.1) is 16.5 Å². The fourth-order valence-corrected chi connectivity index (χ4v) is 3.48. The standard InChI is InChI=1S/C15H19NO4S/c1-5-7-13(6-2)16-21(19,20)14-9-12(15(17)18)8-10(3)11(14)4/h2,8-9,13,16H,5,7H2,1,3-4H3,(H,17,18). The molecule has 1 unspecified atom stereocenters. The Morgan fingerprint density at radius 1 is 1.43 bits per heavy atom. The molecule has 0 spiro atoms. The highest BCUT2D eigenvalue weighted by Crippen LogP contribution is 2.21. The summed E-state index contributed by atoms with van der Waals surface area (Å²) in [5.74, 6) is 1.22. The average molecular weight is 309 g/mol. The normalized spacial score (nSPS) is 12.7. The quantitative estimate of drug-likeness (QED) is 0.788. The van der Waals surface area contributed by atoms with Gasteiger partial charge in [0, 0.05) is 0 Å². The van der Waals surface area contributed by atoms with Gasteiger partial charge in [-0.2, -0.15) is 4.72 Å². The maximum absolute atomic E-state index is 12.4. The van der Waals surface area contributed by atoms with Crippen molar-refractivity contribution in [2.24, 2.45) is 0 Å². The van der Waals surface area contributed by atoms with Crippen molar-refractivity contribution < 1.29 is 18.3 Å². The van der Waals surface area contributed by atoms with Crippen LogP contribution in [0.5, 0.6) is 0 Å². The van der Waals surface area contributed by atoms with E-state index in [9.17, 15) is 13.2 Å². The van der Waals surface area contributed by atoms with Crippen LogP contribution < -0.4 is 4.72 Å². The third-order valence-electron chi connectivity index (χ3n) is 3.23. The highest BCUT2D eigenvalue weighted by Gasteiger charge is 2.23. The summed E-state index contributed by atoms with van der Waals surface area (Å²) in [6.45, 7) is 5.21. The number of rotatable bonds is 6.